The SMILES string of the molecule is Cc1ccc(N(CC(=O)Nc2cccc(F)c2)S(=O)(=O)c2ccccc2)c(C)c1. The number of aryl methyl sites for hydroxylation is 2. The third kappa shape index (κ3) is 4.81. The number of nitrogens with zero attached hydrogens (tertiary/aromatic N) is 1. The van der Waals surface area contributed by atoms with Gasteiger partial charge in [-0.15, -0.1) is 0 Å². The van der Waals surface area contributed by atoms with Crippen molar-refractivity contribution in [3.05, 3.63) is 89.7 Å². The third-order valence-electron chi connectivity index (χ3n) is 4.35. The van der Waals surface area contributed by atoms with Crippen molar-refractivity contribution in [1.82, 2.24) is 0 Å². The summed E-state index contributed by atoms with van der Waals surface area (Å²) in [5, 5.41) is 2.55. The van der Waals surface area contributed by atoms with Crippen molar-refractivity contribution in [1.29, 1.82) is 0 Å². The molecule has 150 valence electrons. The van der Waals surface area contributed by atoms with Gasteiger partial charge in [0.1, 0.15) is 12.4 Å². The number of hydrogen-bond donors (Lipinski definition) is 1. The van der Waals surface area contributed by atoms with E-state index in [1.807, 2.05) is 13.0 Å². The van der Waals surface area contributed by atoms with Crippen LogP contribution in [0.5, 0.6) is 0 Å². The van der Waals surface area contributed by atoms with Crippen LogP contribution in [0.1, 0.15) is 11.1 Å². The molecule has 3 rings (SSSR count). The van der Waals surface area contributed by atoms with Gasteiger partial charge >= 0.3 is 0 Å². The molecule has 0 bridgehead atoms. The fourth-order valence-corrected chi connectivity index (χ4v) is 4.51. The summed E-state index contributed by atoms with van der Waals surface area (Å²) in [5.41, 5.74) is 2.37. The second-order valence-corrected chi connectivity index (χ2v) is 8.54. The van der Waals surface area contributed by atoms with Crippen LogP contribution in [0.15, 0.2) is 77.7 Å². The average Bonchev–Trinajstić information content (AvgIpc) is 2.67. The number of carbonyl (C=O) groups is 1. The maximum Gasteiger partial charge on any atom is 0.264 e. The van der Waals surface area contributed by atoms with Crippen molar-refractivity contribution in [2.24, 2.45) is 0 Å². The van der Waals surface area contributed by atoms with E-state index in [9.17, 15) is 17.6 Å². The summed E-state index contributed by atoms with van der Waals surface area (Å²) < 4.78 is 41.1. The highest BCUT2D eigenvalue weighted by Crippen LogP contribution is 2.27. The molecular formula is C22H21FN2O3S. The molecule has 0 spiro atoms. The van der Waals surface area contributed by atoms with Gasteiger partial charge < -0.3 is 5.32 Å². The van der Waals surface area contributed by atoms with Crippen molar-refractivity contribution < 1.29 is 17.6 Å². The molecule has 0 aliphatic heterocycles. The molecule has 0 aromatic heterocycles. The first-order valence-electron chi connectivity index (χ1n) is 8.98. The van der Waals surface area contributed by atoms with Gasteiger partial charge in [0.05, 0.1) is 10.6 Å². The maximum atomic E-state index is 13.4. The number of sulfonamides is 1. The highest BCUT2D eigenvalue weighted by Gasteiger charge is 2.28. The molecule has 0 radical (unpaired) electrons. The molecule has 0 aliphatic rings. The van der Waals surface area contributed by atoms with Gasteiger partial charge in [-0.1, -0.05) is 42.0 Å². The number of nitrogens with one attached hydrogen (secondary N) is 1. The lowest BCUT2D eigenvalue weighted by atomic mass is 10.1. The summed E-state index contributed by atoms with van der Waals surface area (Å²) in [6.07, 6.45) is 0. The van der Waals surface area contributed by atoms with E-state index in [2.05, 4.69) is 5.32 Å². The molecule has 0 aliphatic carbocycles. The highest BCUT2D eigenvalue weighted by atomic mass is 32.2. The van der Waals surface area contributed by atoms with E-state index >= 15 is 0 Å². The molecule has 1 amide bonds. The Hall–Kier alpha value is -3.19. The topological polar surface area (TPSA) is 66.5 Å². The number of anilines is 2. The van der Waals surface area contributed by atoms with E-state index in [-0.39, 0.29) is 10.6 Å². The number of halogens is 1. The number of carbonyl (C=O) groups excluding carboxylic acids is 1. The fraction of sp³-hybridized carbons (Fsp3) is 0.136. The van der Waals surface area contributed by atoms with Crippen LogP contribution >= 0.6 is 0 Å². The van der Waals surface area contributed by atoms with Gasteiger partial charge in [0.15, 0.2) is 0 Å². The molecule has 3 aromatic carbocycles. The molecule has 29 heavy (non-hydrogen) atoms. The van der Waals surface area contributed by atoms with Gasteiger partial charge in [-0.3, -0.25) is 9.10 Å². The van der Waals surface area contributed by atoms with Gasteiger partial charge in [-0.25, -0.2) is 12.8 Å². The zero-order chi connectivity index (χ0) is 21.0. The molecule has 0 atom stereocenters. The summed E-state index contributed by atoms with van der Waals surface area (Å²) in [7, 11) is -3.99. The lowest BCUT2D eigenvalue weighted by molar-refractivity contribution is -0.114. The van der Waals surface area contributed by atoms with E-state index in [1.54, 1.807) is 37.3 Å². The highest BCUT2D eigenvalue weighted by molar-refractivity contribution is 7.92. The van der Waals surface area contributed by atoms with Gasteiger partial charge in [-0.05, 0) is 55.8 Å². The number of benzene rings is 3. The Kier molecular flexibility index (Phi) is 5.98. The maximum absolute atomic E-state index is 13.4. The van der Waals surface area contributed by atoms with Gasteiger partial charge in [0.2, 0.25) is 5.91 Å². The second-order valence-electron chi connectivity index (χ2n) is 6.67. The molecule has 0 saturated heterocycles. The van der Waals surface area contributed by atoms with Crippen LogP contribution in [0.2, 0.25) is 0 Å². The minimum atomic E-state index is -3.99. The van der Waals surface area contributed by atoms with Crippen LogP contribution < -0.4 is 9.62 Å². The Balaban J connectivity index is 1.98. The lowest BCUT2D eigenvalue weighted by Crippen LogP contribution is -2.38. The summed E-state index contributed by atoms with van der Waals surface area (Å²) >= 11 is 0. The smallest absolute Gasteiger partial charge is 0.264 e. The summed E-state index contributed by atoms with van der Waals surface area (Å²) in [6.45, 7) is 3.25. The summed E-state index contributed by atoms with van der Waals surface area (Å²) in [5.74, 6) is -1.07. The Morgan fingerprint density at radius 3 is 2.34 bits per heavy atom. The molecule has 1 N–H and O–H groups in total. The van der Waals surface area contributed by atoms with Gasteiger partial charge in [0.25, 0.3) is 10.0 Å². The molecule has 0 unspecified atom stereocenters. The predicted octanol–water partition coefficient (Wildman–Crippen LogP) is 4.28. The minimum Gasteiger partial charge on any atom is -0.324 e. The monoisotopic (exact) mass is 412 g/mol. The average molecular weight is 412 g/mol. The van der Waals surface area contributed by atoms with Crippen LogP contribution in [0.3, 0.4) is 0 Å². The first-order valence-corrected chi connectivity index (χ1v) is 10.4. The largest absolute Gasteiger partial charge is 0.324 e. The third-order valence-corrected chi connectivity index (χ3v) is 6.12. The normalized spacial score (nSPS) is 11.1. The predicted molar refractivity (Wildman–Crippen MR) is 112 cm³/mol. The Morgan fingerprint density at radius 1 is 0.966 bits per heavy atom. The minimum absolute atomic E-state index is 0.0820. The molecule has 0 saturated carbocycles. The molecule has 5 nitrogen and oxygen atoms in total. The van der Waals surface area contributed by atoms with Gasteiger partial charge in [0, 0.05) is 5.69 Å². The number of rotatable bonds is 6. The van der Waals surface area contributed by atoms with Crippen molar-refractivity contribution in [3.63, 3.8) is 0 Å². The van der Waals surface area contributed by atoms with Crippen LogP contribution in [-0.2, 0) is 14.8 Å². The molecule has 3 aromatic rings. The Labute approximate surface area is 169 Å². The zero-order valence-electron chi connectivity index (χ0n) is 16.1. The summed E-state index contributed by atoms with van der Waals surface area (Å²) in [4.78, 5) is 12.7. The first-order chi connectivity index (χ1) is 13.8. The quantitative estimate of drug-likeness (QED) is 0.657. The molecule has 0 fully saturated rings. The van der Waals surface area contributed by atoms with Crippen LogP contribution in [-0.4, -0.2) is 20.9 Å². The number of amides is 1. The van der Waals surface area contributed by atoms with E-state index in [4.69, 9.17) is 0 Å². The van der Waals surface area contributed by atoms with Crippen molar-refractivity contribution in [3.8, 4) is 0 Å². The van der Waals surface area contributed by atoms with Crippen molar-refractivity contribution in [2.75, 3.05) is 16.2 Å². The first kappa shape index (κ1) is 20.5. The van der Waals surface area contributed by atoms with Crippen LogP contribution in [0.4, 0.5) is 15.8 Å². The Bertz CT molecular complexity index is 1130. The van der Waals surface area contributed by atoms with Gasteiger partial charge in [-0.2, -0.15) is 0 Å². The Morgan fingerprint density at radius 2 is 1.69 bits per heavy atom. The van der Waals surface area contributed by atoms with Crippen molar-refractivity contribution >= 4 is 27.3 Å². The van der Waals surface area contributed by atoms with Crippen LogP contribution in [0.25, 0.3) is 0 Å². The number of hydrogen-bond acceptors (Lipinski definition) is 3. The fourth-order valence-electron chi connectivity index (χ4n) is 3.00. The summed E-state index contributed by atoms with van der Waals surface area (Å²) in [6, 6.07) is 18.7. The van der Waals surface area contributed by atoms with E-state index in [0.29, 0.717) is 5.69 Å². The zero-order valence-corrected chi connectivity index (χ0v) is 16.9. The lowest BCUT2D eigenvalue weighted by Gasteiger charge is -2.26. The molecular weight excluding hydrogens is 391 g/mol. The second kappa shape index (κ2) is 8.45. The van der Waals surface area contributed by atoms with E-state index < -0.39 is 28.3 Å². The molecule has 0 heterocycles. The van der Waals surface area contributed by atoms with E-state index in [1.165, 1.54) is 36.4 Å². The van der Waals surface area contributed by atoms with Crippen LogP contribution in [0, 0.1) is 19.7 Å². The standard InChI is InChI=1S/C22H21FN2O3S/c1-16-11-12-21(17(2)13-16)25(29(27,28)20-9-4-3-5-10-20)15-22(26)24-19-8-6-7-18(23)14-19/h3-14H,15H2,1-2H3,(H,24,26). The molecule has 7 heteroatoms. The van der Waals surface area contributed by atoms with E-state index in [0.717, 1.165) is 15.4 Å². The van der Waals surface area contributed by atoms with Crippen molar-refractivity contribution in [2.45, 2.75) is 18.7 Å².